The van der Waals surface area contributed by atoms with Gasteiger partial charge in [0.15, 0.2) is 0 Å². The summed E-state index contributed by atoms with van der Waals surface area (Å²) in [5.41, 5.74) is 2.22. The average molecular weight is 603 g/mol. The Labute approximate surface area is 251 Å². The van der Waals surface area contributed by atoms with Crippen molar-refractivity contribution in [2.24, 2.45) is 0 Å². The monoisotopic (exact) mass is 602 g/mol. The molecule has 0 atom stereocenters. The van der Waals surface area contributed by atoms with Gasteiger partial charge in [-0.15, -0.1) is 0 Å². The Morgan fingerprint density at radius 3 is 2.48 bits per heavy atom. The summed E-state index contributed by atoms with van der Waals surface area (Å²) in [4.78, 5) is 7.58. The molecule has 1 aliphatic rings. The minimum atomic E-state index is -4.40. The highest BCUT2D eigenvalue weighted by atomic mass is 32.2. The standard InChI is InChI=1S/C31H41F3N6OS/c1-21(2)39(5)42-25-13-14-27(30(17-25)41-6)36-15-7-8-24-16-26-28(37-22-9-11-23(12-10-22)38(3)4)18-35-19-29(26)40(24)20-31(32,33)34/h13-14,16-19,21-23,36-37H,9-12,15,20H2,1-6H3. The Hall–Kier alpha value is -3.07. The van der Waals surface area contributed by atoms with Gasteiger partial charge in [-0.25, -0.2) is 4.31 Å². The first-order valence-corrected chi connectivity index (χ1v) is 15.0. The molecule has 1 saturated carbocycles. The number of anilines is 2. The molecule has 4 rings (SSSR count). The van der Waals surface area contributed by atoms with E-state index in [9.17, 15) is 13.2 Å². The number of hydrogen-bond acceptors (Lipinski definition) is 7. The van der Waals surface area contributed by atoms with Gasteiger partial charge in [-0.3, -0.25) is 4.98 Å². The number of hydrogen-bond donors (Lipinski definition) is 2. The second-order valence-corrected chi connectivity index (χ2v) is 12.4. The van der Waals surface area contributed by atoms with Crippen LogP contribution in [0.2, 0.25) is 0 Å². The fourth-order valence-electron chi connectivity index (χ4n) is 5.12. The molecule has 0 aliphatic heterocycles. The van der Waals surface area contributed by atoms with Crippen LogP contribution in [0.1, 0.15) is 45.2 Å². The number of alkyl halides is 3. The number of fused-ring (bicyclic) bond motifs is 1. The second kappa shape index (κ2) is 13.9. The number of nitrogens with one attached hydrogen (secondary N) is 2. The summed E-state index contributed by atoms with van der Waals surface area (Å²) in [5.74, 6) is 6.65. The van der Waals surface area contributed by atoms with E-state index in [1.54, 1.807) is 31.3 Å². The molecule has 42 heavy (non-hydrogen) atoms. The molecule has 7 nitrogen and oxygen atoms in total. The fraction of sp³-hybridized carbons (Fsp3) is 0.516. The zero-order valence-electron chi connectivity index (χ0n) is 25.2. The highest BCUT2D eigenvalue weighted by Crippen LogP contribution is 2.33. The number of ether oxygens (including phenoxy) is 1. The molecule has 2 heterocycles. The van der Waals surface area contributed by atoms with Crippen LogP contribution in [-0.2, 0) is 6.54 Å². The van der Waals surface area contributed by atoms with Gasteiger partial charge in [0.1, 0.15) is 12.3 Å². The van der Waals surface area contributed by atoms with E-state index in [1.165, 1.54) is 10.8 Å². The van der Waals surface area contributed by atoms with E-state index in [0.29, 0.717) is 34.4 Å². The maximum absolute atomic E-state index is 13.6. The van der Waals surface area contributed by atoms with Crippen molar-refractivity contribution >= 4 is 34.2 Å². The van der Waals surface area contributed by atoms with Crippen molar-refractivity contribution in [2.75, 3.05) is 45.4 Å². The fourth-order valence-corrected chi connectivity index (χ4v) is 5.95. The second-order valence-electron chi connectivity index (χ2n) is 11.2. The summed E-state index contributed by atoms with van der Waals surface area (Å²) < 4.78 is 49.8. The topological polar surface area (TPSA) is 57.6 Å². The first-order valence-electron chi connectivity index (χ1n) is 14.2. The maximum atomic E-state index is 13.6. The van der Waals surface area contributed by atoms with E-state index in [-0.39, 0.29) is 12.6 Å². The molecule has 11 heteroatoms. The summed E-state index contributed by atoms with van der Waals surface area (Å²) in [7, 11) is 7.84. The van der Waals surface area contributed by atoms with Gasteiger partial charge in [0, 0.05) is 28.4 Å². The number of halogens is 3. The zero-order valence-corrected chi connectivity index (χ0v) is 26.0. The van der Waals surface area contributed by atoms with Crippen molar-refractivity contribution in [1.29, 1.82) is 0 Å². The molecule has 228 valence electrons. The van der Waals surface area contributed by atoms with E-state index in [2.05, 4.69) is 64.6 Å². The Bertz CT molecular complexity index is 1400. The predicted molar refractivity (Wildman–Crippen MR) is 166 cm³/mol. The lowest BCUT2D eigenvalue weighted by Crippen LogP contribution is -2.36. The lowest BCUT2D eigenvalue weighted by Gasteiger charge is -2.33. The van der Waals surface area contributed by atoms with Gasteiger partial charge < -0.3 is 24.8 Å². The lowest BCUT2D eigenvalue weighted by molar-refractivity contribution is -0.140. The van der Waals surface area contributed by atoms with Crippen LogP contribution in [0, 0.1) is 11.8 Å². The van der Waals surface area contributed by atoms with E-state index < -0.39 is 12.7 Å². The smallest absolute Gasteiger partial charge is 0.406 e. The van der Waals surface area contributed by atoms with Crippen LogP contribution in [-0.4, -0.2) is 77.9 Å². The third kappa shape index (κ3) is 8.27. The van der Waals surface area contributed by atoms with Crippen molar-refractivity contribution in [3.63, 3.8) is 0 Å². The molecule has 0 amide bonds. The van der Waals surface area contributed by atoms with Crippen LogP contribution in [0.3, 0.4) is 0 Å². The van der Waals surface area contributed by atoms with Gasteiger partial charge in [-0.05, 0) is 103 Å². The third-order valence-electron chi connectivity index (χ3n) is 7.69. The molecule has 1 fully saturated rings. The Kier molecular flexibility index (Phi) is 10.6. The number of pyridine rings is 1. The van der Waals surface area contributed by atoms with Crippen LogP contribution in [0.4, 0.5) is 24.5 Å². The minimum Gasteiger partial charge on any atom is -0.495 e. The van der Waals surface area contributed by atoms with Crippen LogP contribution in [0.25, 0.3) is 10.9 Å². The maximum Gasteiger partial charge on any atom is 0.406 e. The molecule has 0 radical (unpaired) electrons. The molecule has 1 aromatic carbocycles. The summed E-state index contributed by atoms with van der Waals surface area (Å²) in [6.07, 6.45) is 2.94. The Morgan fingerprint density at radius 1 is 1.10 bits per heavy atom. The molecule has 1 aliphatic carbocycles. The SMILES string of the molecule is COc1cc(SN(C)C(C)C)ccc1NCC#Cc1cc2c(NC3CCC(N(C)C)CC3)cncc2n1CC(F)(F)F. The number of rotatable bonds is 10. The highest BCUT2D eigenvalue weighted by molar-refractivity contribution is 7.97. The highest BCUT2D eigenvalue weighted by Gasteiger charge is 2.30. The summed E-state index contributed by atoms with van der Waals surface area (Å²) >= 11 is 1.63. The molecule has 0 saturated heterocycles. The van der Waals surface area contributed by atoms with E-state index >= 15 is 0 Å². The summed E-state index contributed by atoms with van der Waals surface area (Å²) in [5, 5.41) is 7.49. The molecule has 0 bridgehead atoms. The van der Waals surface area contributed by atoms with Gasteiger partial charge in [0.25, 0.3) is 0 Å². The van der Waals surface area contributed by atoms with Crippen LogP contribution in [0.15, 0.2) is 41.6 Å². The minimum absolute atomic E-state index is 0.237. The number of nitrogens with zero attached hydrogens (tertiary/aromatic N) is 4. The number of methoxy groups -OCH3 is 1. The molecular formula is C31H41F3N6OS. The van der Waals surface area contributed by atoms with E-state index in [1.807, 2.05) is 25.2 Å². The van der Waals surface area contributed by atoms with E-state index in [4.69, 9.17) is 4.74 Å². The van der Waals surface area contributed by atoms with Crippen molar-refractivity contribution in [1.82, 2.24) is 18.8 Å². The quantitative estimate of drug-likeness (QED) is 0.198. The van der Waals surface area contributed by atoms with Crippen LogP contribution >= 0.6 is 11.9 Å². The normalized spacial score (nSPS) is 17.5. The predicted octanol–water partition coefficient (Wildman–Crippen LogP) is 6.70. The summed E-state index contributed by atoms with van der Waals surface area (Å²) in [6.45, 7) is 3.35. The molecule has 0 unspecified atom stereocenters. The Morgan fingerprint density at radius 2 is 1.83 bits per heavy atom. The van der Waals surface area contributed by atoms with Crippen LogP contribution < -0.4 is 15.4 Å². The van der Waals surface area contributed by atoms with Crippen LogP contribution in [0.5, 0.6) is 5.75 Å². The van der Waals surface area contributed by atoms with Gasteiger partial charge in [0.05, 0.1) is 48.6 Å². The molecule has 2 aromatic heterocycles. The van der Waals surface area contributed by atoms with Gasteiger partial charge >= 0.3 is 6.18 Å². The molecule has 0 spiro atoms. The molecule has 2 N–H and O–H groups in total. The lowest BCUT2D eigenvalue weighted by atomic mass is 9.90. The zero-order chi connectivity index (χ0) is 30.4. The number of benzene rings is 1. The van der Waals surface area contributed by atoms with Gasteiger partial charge in [0.2, 0.25) is 0 Å². The van der Waals surface area contributed by atoms with Crippen molar-refractivity contribution in [2.45, 2.75) is 75.3 Å². The molecular weight excluding hydrogens is 561 g/mol. The first-order chi connectivity index (χ1) is 19.9. The first kappa shape index (κ1) is 31.9. The van der Waals surface area contributed by atoms with Crippen molar-refractivity contribution in [3.05, 3.63) is 42.4 Å². The number of aromatic nitrogens is 2. The molecule has 3 aromatic rings. The van der Waals surface area contributed by atoms with Gasteiger partial charge in [-0.1, -0.05) is 5.92 Å². The van der Waals surface area contributed by atoms with Gasteiger partial charge in [-0.2, -0.15) is 13.2 Å². The summed E-state index contributed by atoms with van der Waals surface area (Å²) in [6, 6.07) is 8.81. The van der Waals surface area contributed by atoms with Crippen molar-refractivity contribution in [3.8, 4) is 17.6 Å². The largest absolute Gasteiger partial charge is 0.495 e. The average Bonchev–Trinajstić information content (AvgIpc) is 3.28. The van der Waals surface area contributed by atoms with E-state index in [0.717, 1.165) is 42.0 Å². The third-order valence-corrected chi connectivity index (χ3v) is 8.86. The van der Waals surface area contributed by atoms with Crippen molar-refractivity contribution < 1.29 is 17.9 Å². The Balaban J connectivity index is 1.52.